The molecule has 53 heavy (non-hydrogen) atoms. The van der Waals surface area contributed by atoms with Crippen LogP contribution in [0.4, 0.5) is 17.1 Å². The summed E-state index contributed by atoms with van der Waals surface area (Å²) < 4.78 is 14.9. The van der Waals surface area contributed by atoms with Crippen molar-refractivity contribution in [3.05, 3.63) is 77.9 Å². The van der Waals surface area contributed by atoms with Crippen LogP contribution in [0.15, 0.2) is 65.9 Å². The first kappa shape index (κ1) is 38.3. The zero-order valence-corrected chi connectivity index (χ0v) is 31.1. The lowest BCUT2D eigenvalue weighted by Gasteiger charge is -2.26. The molecule has 2 aromatic heterocycles. The number of aryl methyl sites for hydroxylation is 2. The van der Waals surface area contributed by atoms with Crippen molar-refractivity contribution in [3.63, 3.8) is 0 Å². The van der Waals surface area contributed by atoms with Crippen molar-refractivity contribution < 1.29 is 28.7 Å². The van der Waals surface area contributed by atoms with Gasteiger partial charge in [-0.15, -0.1) is 0 Å². The first-order chi connectivity index (χ1) is 25.6. The topological polar surface area (TPSA) is 160 Å². The van der Waals surface area contributed by atoms with Gasteiger partial charge in [0.25, 0.3) is 17.7 Å². The number of amides is 4. The number of ether oxygens (including phenoxy) is 2. The van der Waals surface area contributed by atoms with E-state index in [2.05, 4.69) is 26.3 Å². The van der Waals surface area contributed by atoms with Gasteiger partial charge in [0.15, 0.2) is 11.5 Å². The molecule has 14 nitrogen and oxygen atoms in total. The third-order valence-electron chi connectivity index (χ3n) is 9.02. The highest BCUT2D eigenvalue weighted by atomic mass is 16.5. The summed E-state index contributed by atoms with van der Waals surface area (Å²) >= 11 is 0. The van der Waals surface area contributed by atoms with E-state index in [4.69, 9.17) is 9.47 Å². The number of aromatic nitrogens is 2. The molecule has 0 fully saturated rings. The number of nitrogens with zero attached hydrogens (tertiary/aromatic N) is 4. The summed E-state index contributed by atoms with van der Waals surface area (Å²) in [6.07, 6.45) is 6.72. The van der Waals surface area contributed by atoms with Gasteiger partial charge in [0.05, 0.1) is 36.7 Å². The van der Waals surface area contributed by atoms with Gasteiger partial charge >= 0.3 is 0 Å². The molecule has 280 valence electrons. The first-order valence-corrected chi connectivity index (χ1v) is 17.7. The number of carbonyl (C=O) groups is 4. The number of likely N-dealkylation sites (N-methyl/N-ethyl adjacent to an activating group) is 1. The summed E-state index contributed by atoms with van der Waals surface area (Å²) in [6, 6.07) is 14.1. The Hall–Kier alpha value is -5.89. The van der Waals surface area contributed by atoms with E-state index in [0.29, 0.717) is 71.6 Å². The molecule has 14 heteroatoms. The van der Waals surface area contributed by atoms with Gasteiger partial charge in [-0.25, -0.2) is 0 Å². The third-order valence-corrected chi connectivity index (χ3v) is 9.02. The minimum Gasteiger partial charge on any atom is -0.493 e. The molecule has 0 saturated carbocycles. The van der Waals surface area contributed by atoms with Gasteiger partial charge in [0, 0.05) is 76.1 Å². The zero-order valence-electron chi connectivity index (χ0n) is 31.1. The molecule has 1 aliphatic rings. The molecular weight excluding hydrogens is 676 g/mol. The smallest absolute Gasteiger partial charge is 0.272 e. The number of fused-ring (bicyclic) bond motifs is 1. The van der Waals surface area contributed by atoms with Crippen LogP contribution < -0.4 is 30.7 Å². The van der Waals surface area contributed by atoms with Crippen molar-refractivity contribution in [1.82, 2.24) is 24.7 Å². The van der Waals surface area contributed by atoms with Crippen LogP contribution >= 0.6 is 0 Å². The van der Waals surface area contributed by atoms with Gasteiger partial charge in [-0.2, -0.15) is 0 Å². The Balaban J connectivity index is 1.12. The van der Waals surface area contributed by atoms with Crippen molar-refractivity contribution in [2.24, 2.45) is 19.1 Å². The third kappa shape index (κ3) is 9.13. The molecule has 0 radical (unpaired) electrons. The highest BCUT2D eigenvalue weighted by molar-refractivity contribution is 6.05. The second-order valence-electron chi connectivity index (χ2n) is 12.7. The fourth-order valence-electron chi connectivity index (χ4n) is 6.13. The Kier molecular flexibility index (Phi) is 12.7. The monoisotopic (exact) mass is 724 g/mol. The van der Waals surface area contributed by atoms with E-state index in [0.717, 1.165) is 17.5 Å². The summed E-state index contributed by atoms with van der Waals surface area (Å²) in [7, 11) is 6.91. The molecule has 1 unspecified atom stereocenters. The normalized spacial score (nSPS) is 13.7. The molecule has 5 rings (SSSR count). The standard InChI is InChI=1S/C39H48N8O6/c1-7-29-22-42-31-21-35(34(52-6)20-30(31)39(51)47(29)8-2)53-17-9-10-36(48)43-28-19-33(46(5)24-28)38(50)44-27-13-11-25(12-14-27)26-18-32(45(4)23-26)37(49)41-16-15-40-3/h11-14,18-24,29,40H,7-10,15-17H2,1-6H3,(H,41,49)(H,43,48)(H,44,50). The maximum absolute atomic E-state index is 13.2. The van der Waals surface area contributed by atoms with Crippen LogP contribution in [-0.4, -0.2) is 90.3 Å². The molecule has 0 spiro atoms. The number of nitrogens with one attached hydrogen (secondary N) is 4. The second kappa shape index (κ2) is 17.6. The van der Waals surface area contributed by atoms with Gasteiger partial charge in [0.1, 0.15) is 11.4 Å². The van der Waals surface area contributed by atoms with E-state index in [9.17, 15) is 19.2 Å². The Bertz CT molecular complexity index is 1980. The van der Waals surface area contributed by atoms with Crippen molar-refractivity contribution >= 4 is 46.9 Å². The Morgan fingerprint density at radius 3 is 2.28 bits per heavy atom. The number of hydrogen-bond acceptors (Lipinski definition) is 8. The van der Waals surface area contributed by atoms with Crippen LogP contribution in [0.25, 0.3) is 11.1 Å². The van der Waals surface area contributed by atoms with E-state index >= 15 is 0 Å². The highest BCUT2D eigenvalue weighted by Crippen LogP contribution is 2.37. The van der Waals surface area contributed by atoms with Crippen LogP contribution in [0.3, 0.4) is 0 Å². The summed E-state index contributed by atoms with van der Waals surface area (Å²) in [4.78, 5) is 58.1. The lowest BCUT2D eigenvalue weighted by molar-refractivity contribution is -0.116. The largest absolute Gasteiger partial charge is 0.493 e. The SMILES string of the molecule is CCC1C=Nc2cc(OCCCC(=O)Nc3cc(C(=O)Nc4ccc(-c5cc(C(=O)NCCNC)n(C)c5)cc4)n(C)c3)c(OC)cc2C(=O)N1CC. The molecule has 2 aromatic carbocycles. The fraction of sp³-hybridized carbons (Fsp3) is 0.359. The Morgan fingerprint density at radius 2 is 1.58 bits per heavy atom. The molecule has 4 aromatic rings. The lowest BCUT2D eigenvalue weighted by Crippen LogP contribution is -2.39. The zero-order chi connectivity index (χ0) is 38.1. The molecule has 1 aliphatic heterocycles. The maximum atomic E-state index is 13.2. The maximum Gasteiger partial charge on any atom is 0.272 e. The van der Waals surface area contributed by atoms with Crippen LogP contribution in [0.1, 0.15) is 64.4 Å². The molecule has 4 N–H and O–H groups in total. The van der Waals surface area contributed by atoms with Gasteiger partial charge in [-0.05, 0) is 62.7 Å². The molecule has 1 atom stereocenters. The number of carbonyl (C=O) groups excluding carboxylic acids is 4. The van der Waals surface area contributed by atoms with E-state index in [1.807, 2.05) is 52.3 Å². The average Bonchev–Trinajstić information content (AvgIpc) is 3.69. The Morgan fingerprint density at radius 1 is 0.849 bits per heavy atom. The predicted octanol–water partition coefficient (Wildman–Crippen LogP) is 5.00. The molecule has 0 saturated heterocycles. The molecule has 0 aliphatic carbocycles. The fourth-order valence-corrected chi connectivity index (χ4v) is 6.13. The van der Waals surface area contributed by atoms with Crippen LogP contribution in [0.5, 0.6) is 11.5 Å². The molecule has 4 amide bonds. The lowest BCUT2D eigenvalue weighted by atomic mass is 10.1. The first-order valence-electron chi connectivity index (χ1n) is 17.7. The van der Waals surface area contributed by atoms with Gasteiger partial charge in [0.2, 0.25) is 5.91 Å². The van der Waals surface area contributed by atoms with E-state index in [1.165, 1.54) is 7.11 Å². The Labute approximate surface area is 309 Å². The van der Waals surface area contributed by atoms with Crippen molar-refractivity contribution in [2.75, 3.05) is 51.0 Å². The number of aliphatic imine (C=N–C) groups is 1. The number of rotatable bonds is 16. The number of methoxy groups -OCH3 is 1. The van der Waals surface area contributed by atoms with Crippen LogP contribution in [-0.2, 0) is 18.9 Å². The number of anilines is 2. The van der Waals surface area contributed by atoms with Crippen molar-refractivity contribution in [2.45, 2.75) is 39.2 Å². The highest BCUT2D eigenvalue weighted by Gasteiger charge is 2.28. The van der Waals surface area contributed by atoms with Crippen LogP contribution in [0, 0.1) is 0 Å². The summed E-state index contributed by atoms with van der Waals surface area (Å²) in [5.41, 5.74) is 4.78. The van der Waals surface area contributed by atoms with Gasteiger partial charge in [-0.3, -0.25) is 24.2 Å². The molecule has 3 heterocycles. The van der Waals surface area contributed by atoms with Crippen LogP contribution in [0.2, 0.25) is 0 Å². The van der Waals surface area contributed by atoms with Crippen molar-refractivity contribution in [1.29, 1.82) is 0 Å². The molecule has 0 bridgehead atoms. The summed E-state index contributed by atoms with van der Waals surface area (Å²) in [6.45, 7) is 5.97. The predicted molar refractivity (Wildman–Crippen MR) is 206 cm³/mol. The van der Waals surface area contributed by atoms with E-state index in [1.54, 1.807) is 63.8 Å². The minimum atomic E-state index is -0.331. The average molecular weight is 725 g/mol. The minimum absolute atomic E-state index is 0.0900. The quantitative estimate of drug-likeness (QED) is 0.118. The molecular formula is C39H48N8O6. The second-order valence-corrected chi connectivity index (χ2v) is 12.7. The van der Waals surface area contributed by atoms with Gasteiger partial charge < -0.3 is 44.8 Å². The van der Waals surface area contributed by atoms with E-state index in [-0.39, 0.29) is 42.7 Å². The summed E-state index contributed by atoms with van der Waals surface area (Å²) in [5, 5.41) is 11.6. The number of hydrogen-bond donors (Lipinski definition) is 4. The summed E-state index contributed by atoms with van der Waals surface area (Å²) in [5.74, 6) is 0.0514. The van der Waals surface area contributed by atoms with E-state index < -0.39 is 0 Å². The van der Waals surface area contributed by atoms with Crippen molar-refractivity contribution in [3.8, 4) is 22.6 Å². The van der Waals surface area contributed by atoms with Gasteiger partial charge in [-0.1, -0.05) is 19.1 Å². The number of benzene rings is 2.